The molecular formula is C14H23FNOSi2. The maximum absolute atomic E-state index is 12.8. The summed E-state index contributed by atoms with van der Waals surface area (Å²) in [5, 5.41) is 1.29. The minimum absolute atomic E-state index is 0.204. The van der Waals surface area contributed by atoms with Gasteiger partial charge in [0.05, 0.1) is 8.07 Å². The Kier molecular flexibility index (Phi) is 5.49. The van der Waals surface area contributed by atoms with Crippen molar-refractivity contribution in [1.29, 1.82) is 0 Å². The molecule has 0 spiro atoms. The van der Waals surface area contributed by atoms with Crippen molar-refractivity contribution in [3.05, 3.63) is 24.3 Å². The van der Waals surface area contributed by atoms with Crippen LogP contribution in [-0.4, -0.2) is 30.1 Å². The standard InChI is InChI=1S/C14H23FNOSi2/c1-16(14(15)17)12-7-6-8-13(11-12)19(4,5)10-9-18(2)3/h6-8,11H,9-10H2,1-5H3. The summed E-state index contributed by atoms with van der Waals surface area (Å²) in [6.45, 7) is 9.35. The van der Waals surface area contributed by atoms with Gasteiger partial charge >= 0.3 is 6.16 Å². The molecule has 0 unspecified atom stereocenters. The molecule has 1 radical (unpaired) electrons. The van der Waals surface area contributed by atoms with Gasteiger partial charge in [-0.25, -0.2) is 4.79 Å². The quantitative estimate of drug-likeness (QED) is 0.459. The van der Waals surface area contributed by atoms with E-state index >= 15 is 0 Å². The highest BCUT2D eigenvalue weighted by Gasteiger charge is 2.24. The lowest BCUT2D eigenvalue weighted by Crippen LogP contribution is -2.42. The molecule has 0 fully saturated rings. The first-order chi connectivity index (χ1) is 8.74. The molecule has 0 saturated carbocycles. The smallest absolute Gasteiger partial charge is 0.287 e. The van der Waals surface area contributed by atoms with E-state index in [4.69, 9.17) is 0 Å². The van der Waals surface area contributed by atoms with Crippen LogP contribution in [0.4, 0.5) is 14.9 Å². The zero-order chi connectivity index (χ0) is 14.6. The molecule has 0 N–H and O–H groups in total. The highest BCUT2D eigenvalue weighted by atomic mass is 28.3. The molecule has 0 atom stereocenters. The van der Waals surface area contributed by atoms with Crippen LogP contribution in [0.25, 0.3) is 0 Å². The first kappa shape index (κ1) is 16.1. The maximum atomic E-state index is 12.8. The predicted molar refractivity (Wildman–Crippen MR) is 85.6 cm³/mol. The van der Waals surface area contributed by atoms with Crippen LogP contribution in [0.2, 0.25) is 38.3 Å². The minimum atomic E-state index is -1.49. The van der Waals surface area contributed by atoms with E-state index in [1.165, 1.54) is 24.3 Å². The van der Waals surface area contributed by atoms with Gasteiger partial charge in [-0.15, -0.1) is 4.39 Å². The van der Waals surface area contributed by atoms with E-state index in [2.05, 4.69) is 32.3 Å². The molecule has 5 heteroatoms. The topological polar surface area (TPSA) is 20.3 Å². The number of benzene rings is 1. The summed E-state index contributed by atoms with van der Waals surface area (Å²) >= 11 is 0. The van der Waals surface area contributed by atoms with Gasteiger partial charge in [-0.05, 0) is 12.1 Å². The van der Waals surface area contributed by atoms with E-state index in [0.717, 1.165) is 4.90 Å². The first-order valence-electron chi connectivity index (χ1n) is 6.57. The Bertz CT molecular complexity index is 449. The van der Waals surface area contributed by atoms with Crippen molar-refractivity contribution in [1.82, 2.24) is 0 Å². The van der Waals surface area contributed by atoms with E-state index in [-0.39, 0.29) is 8.80 Å². The molecule has 0 aliphatic rings. The van der Waals surface area contributed by atoms with Gasteiger partial charge in [-0.3, -0.25) is 4.90 Å². The zero-order valence-corrected chi connectivity index (χ0v) is 14.5. The number of hydrogen-bond acceptors (Lipinski definition) is 1. The highest BCUT2D eigenvalue weighted by molar-refractivity contribution is 6.90. The van der Waals surface area contributed by atoms with Crippen LogP contribution in [0.3, 0.4) is 0 Å². The molecule has 2 nitrogen and oxygen atoms in total. The van der Waals surface area contributed by atoms with Gasteiger partial charge in [0.1, 0.15) is 0 Å². The van der Waals surface area contributed by atoms with Crippen molar-refractivity contribution in [3.63, 3.8) is 0 Å². The molecule has 0 aliphatic carbocycles. The average molecular weight is 297 g/mol. The van der Waals surface area contributed by atoms with Gasteiger partial charge in [-0.2, -0.15) is 0 Å². The van der Waals surface area contributed by atoms with Gasteiger partial charge in [-0.1, -0.05) is 55.6 Å². The monoisotopic (exact) mass is 296 g/mol. The van der Waals surface area contributed by atoms with Crippen molar-refractivity contribution in [2.24, 2.45) is 0 Å². The van der Waals surface area contributed by atoms with E-state index in [1.807, 2.05) is 12.1 Å². The van der Waals surface area contributed by atoms with Crippen LogP contribution in [0, 0.1) is 0 Å². The fraction of sp³-hybridized carbons (Fsp3) is 0.500. The molecule has 0 bridgehead atoms. The van der Waals surface area contributed by atoms with Crippen LogP contribution in [-0.2, 0) is 0 Å². The number of hydrogen-bond donors (Lipinski definition) is 0. The van der Waals surface area contributed by atoms with Gasteiger partial charge in [0, 0.05) is 21.5 Å². The van der Waals surface area contributed by atoms with Crippen molar-refractivity contribution in [3.8, 4) is 0 Å². The van der Waals surface area contributed by atoms with E-state index in [1.54, 1.807) is 6.07 Å². The van der Waals surface area contributed by atoms with E-state index in [0.29, 0.717) is 5.69 Å². The lowest BCUT2D eigenvalue weighted by molar-refractivity contribution is 0.229. The van der Waals surface area contributed by atoms with Gasteiger partial charge in [0.25, 0.3) is 0 Å². The fourth-order valence-corrected chi connectivity index (χ4v) is 7.82. The first-order valence-corrected chi connectivity index (χ1v) is 12.5. The van der Waals surface area contributed by atoms with Gasteiger partial charge < -0.3 is 0 Å². The van der Waals surface area contributed by atoms with Crippen molar-refractivity contribution < 1.29 is 9.18 Å². The minimum Gasteiger partial charge on any atom is -0.287 e. The average Bonchev–Trinajstić information content (AvgIpc) is 2.35. The normalized spacial score (nSPS) is 11.7. The summed E-state index contributed by atoms with van der Waals surface area (Å²) in [4.78, 5) is 11.9. The Morgan fingerprint density at radius 2 is 2.00 bits per heavy atom. The molecule has 1 aromatic carbocycles. The third kappa shape index (κ3) is 4.58. The number of amides is 1. The molecule has 0 aliphatic heterocycles. The second kappa shape index (κ2) is 6.47. The lowest BCUT2D eigenvalue weighted by atomic mass is 10.3. The zero-order valence-electron chi connectivity index (χ0n) is 12.5. The van der Waals surface area contributed by atoms with Crippen LogP contribution < -0.4 is 10.1 Å². The number of rotatable bonds is 5. The molecule has 0 aromatic heterocycles. The maximum Gasteiger partial charge on any atom is 0.404 e. The van der Waals surface area contributed by atoms with Crippen molar-refractivity contribution >= 4 is 33.9 Å². The number of nitrogens with zero attached hydrogens (tertiary/aromatic N) is 1. The molecular weight excluding hydrogens is 273 g/mol. The number of carbonyl (C=O) groups excluding carboxylic acids is 1. The number of halogens is 1. The third-order valence-corrected chi connectivity index (χ3v) is 8.65. The molecule has 1 rings (SSSR count). The molecule has 105 valence electrons. The number of anilines is 1. The highest BCUT2D eigenvalue weighted by Crippen LogP contribution is 2.18. The Balaban J connectivity index is 2.94. The second-order valence-electron chi connectivity index (χ2n) is 5.95. The largest absolute Gasteiger partial charge is 0.404 e. The molecule has 0 heterocycles. The van der Waals surface area contributed by atoms with Crippen molar-refractivity contribution in [2.45, 2.75) is 38.3 Å². The van der Waals surface area contributed by atoms with E-state index in [9.17, 15) is 9.18 Å². The Morgan fingerprint density at radius 3 is 2.53 bits per heavy atom. The lowest BCUT2D eigenvalue weighted by Gasteiger charge is -2.25. The SMILES string of the molecule is CN(C(=O)F)c1cccc([Si](C)(C)CC[Si](C)C)c1. The molecule has 1 amide bonds. The fourth-order valence-electron chi connectivity index (χ4n) is 1.94. The van der Waals surface area contributed by atoms with Crippen LogP contribution >= 0.6 is 0 Å². The molecule has 1 aromatic rings. The van der Waals surface area contributed by atoms with Crippen LogP contribution in [0.5, 0.6) is 0 Å². The summed E-state index contributed by atoms with van der Waals surface area (Å²) in [6.07, 6.45) is -1.41. The molecule has 0 saturated heterocycles. The Labute approximate surface area is 118 Å². The summed E-state index contributed by atoms with van der Waals surface area (Å²) < 4.78 is 12.8. The van der Waals surface area contributed by atoms with E-state index < -0.39 is 14.2 Å². The predicted octanol–water partition coefficient (Wildman–Crippen LogP) is 3.88. The summed E-state index contributed by atoms with van der Waals surface area (Å²) in [6, 6.07) is 10.4. The molecule has 19 heavy (non-hydrogen) atoms. The number of carbonyl (C=O) groups is 1. The van der Waals surface area contributed by atoms with Crippen LogP contribution in [0.15, 0.2) is 24.3 Å². The van der Waals surface area contributed by atoms with Crippen molar-refractivity contribution in [2.75, 3.05) is 11.9 Å². The van der Waals surface area contributed by atoms with Gasteiger partial charge in [0.15, 0.2) is 0 Å². The third-order valence-electron chi connectivity index (χ3n) is 3.53. The summed E-state index contributed by atoms with van der Waals surface area (Å²) in [5.74, 6) is 0. The van der Waals surface area contributed by atoms with Crippen LogP contribution in [0.1, 0.15) is 0 Å². The summed E-state index contributed by atoms with van der Waals surface area (Å²) in [5.41, 5.74) is 0.643. The Hall–Kier alpha value is -0.946. The summed E-state index contributed by atoms with van der Waals surface area (Å²) in [7, 11) is -0.225. The Morgan fingerprint density at radius 1 is 1.37 bits per heavy atom. The van der Waals surface area contributed by atoms with Gasteiger partial charge in [0.2, 0.25) is 0 Å². The second-order valence-corrected chi connectivity index (χ2v) is 13.7.